The third-order valence-corrected chi connectivity index (χ3v) is 8.65. The SMILES string of the molecule is Cc1cc(C)cc(-c2[nH]c3ccc(Nc4nc(C)cs4)cc3c2CCNCCCCc2ccc(NS(C)(=O)=O)cc2)c1. The Labute approximate surface area is 252 Å². The number of aromatic amines is 1. The summed E-state index contributed by atoms with van der Waals surface area (Å²) in [6.07, 6.45) is 5.18. The van der Waals surface area contributed by atoms with Crippen LogP contribution in [0.1, 0.15) is 40.8 Å². The molecule has 2 aromatic heterocycles. The largest absolute Gasteiger partial charge is 0.354 e. The van der Waals surface area contributed by atoms with Crippen LogP contribution in [-0.4, -0.2) is 37.7 Å². The topological polar surface area (TPSA) is 98.9 Å². The van der Waals surface area contributed by atoms with Crippen LogP contribution in [-0.2, 0) is 22.9 Å². The lowest BCUT2D eigenvalue weighted by atomic mass is 9.99. The summed E-state index contributed by atoms with van der Waals surface area (Å²) >= 11 is 1.62. The lowest BCUT2D eigenvalue weighted by Crippen LogP contribution is -2.18. The van der Waals surface area contributed by atoms with E-state index in [9.17, 15) is 8.42 Å². The van der Waals surface area contributed by atoms with E-state index < -0.39 is 10.0 Å². The fourth-order valence-electron chi connectivity index (χ4n) is 5.36. The number of nitrogens with zero attached hydrogens (tertiary/aromatic N) is 1. The summed E-state index contributed by atoms with van der Waals surface area (Å²) in [6, 6.07) is 20.9. The van der Waals surface area contributed by atoms with Gasteiger partial charge >= 0.3 is 0 Å². The molecule has 0 aliphatic heterocycles. The fraction of sp³-hybridized carbons (Fsp3) is 0.303. The van der Waals surface area contributed by atoms with Crippen LogP contribution >= 0.6 is 11.3 Å². The predicted molar refractivity (Wildman–Crippen MR) is 178 cm³/mol. The predicted octanol–water partition coefficient (Wildman–Crippen LogP) is 7.49. The second-order valence-corrected chi connectivity index (χ2v) is 13.7. The number of benzene rings is 3. The quantitative estimate of drug-likeness (QED) is 0.105. The standard InChI is InChI=1S/C33H39N5O2S2/c1-22-17-23(2)19-26(18-22)32-29(30-20-28(12-13-31(30)37-32)36-33-35-24(3)21-41-33)14-16-34-15-6-5-7-25-8-10-27(11-9-25)38-42(4,39)40/h8-13,17-21,34,37-38H,5-7,14-16H2,1-4H3,(H,35,36). The van der Waals surface area contributed by atoms with Crippen molar-refractivity contribution >= 4 is 48.8 Å². The highest BCUT2D eigenvalue weighted by Crippen LogP contribution is 2.34. The minimum Gasteiger partial charge on any atom is -0.354 e. The van der Waals surface area contributed by atoms with Crippen molar-refractivity contribution in [1.82, 2.24) is 15.3 Å². The number of fused-ring (bicyclic) bond motifs is 1. The monoisotopic (exact) mass is 601 g/mol. The first kappa shape index (κ1) is 29.8. The number of aryl methyl sites for hydroxylation is 4. The third kappa shape index (κ3) is 8.00. The van der Waals surface area contributed by atoms with Gasteiger partial charge in [0.25, 0.3) is 0 Å². The van der Waals surface area contributed by atoms with Crippen LogP contribution in [0.15, 0.2) is 66.0 Å². The van der Waals surface area contributed by atoms with Crippen molar-refractivity contribution in [1.29, 1.82) is 0 Å². The van der Waals surface area contributed by atoms with Crippen molar-refractivity contribution in [2.45, 2.75) is 46.5 Å². The first-order valence-corrected chi connectivity index (χ1v) is 17.1. The Morgan fingerprint density at radius 1 is 0.857 bits per heavy atom. The Balaban J connectivity index is 1.23. The Kier molecular flexibility index (Phi) is 9.30. The zero-order valence-electron chi connectivity index (χ0n) is 24.7. The molecular formula is C33H39N5O2S2. The minimum absolute atomic E-state index is 0.599. The molecule has 7 nitrogen and oxygen atoms in total. The summed E-state index contributed by atoms with van der Waals surface area (Å²) in [6.45, 7) is 8.15. The number of anilines is 3. The van der Waals surface area contributed by atoms with Crippen LogP contribution in [0.2, 0.25) is 0 Å². The van der Waals surface area contributed by atoms with Gasteiger partial charge in [-0.15, -0.1) is 11.3 Å². The van der Waals surface area contributed by atoms with Gasteiger partial charge in [0.05, 0.1) is 11.9 Å². The normalized spacial score (nSPS) is 11.7. The molecule has 0 saturated heterocycles. The molecule has 0 fully saturated rings. The van der Waals surface area contributed by atoms with Gasteiger partial charge in [-0.3, -0.25) is 4.72 Å². The molecule has 0 unspecified atom stereocenters. The molecule has 4 N–H and O–H groups in total. The molecular weight excluding hydrogens is 563 g/mol. The summed E-state index contributed by atoms with van der Waals surface area (Å²) in [7, 11) is -3.25. The first-order chi connectivity index (χ1) is 20.1. The Morgan fingerprint density at radius 2 is 1.60 bits per heavy atom. The highest BCUT2D eigenvalue weighted by molar-refractivity contribution is 7.92. The third-order valence-electron chi connectivity index (χ3n) is 7.16. The van der Waals surface area contributed by atoms with Gasteiger partial charge in [-0.25, -0.2) is 13.4 Å². The van der Waals surface area contributed by atoms with E-state index in [0.717, 1.165) is 67.1 Å². The Morgan fingerprint density at radius 3 is 2.29 bits per heavy atom. The number of hydrogen-bond acceptors (Lipinski definition) is 6. The van der Waals surface area contributed by atoms with Crippen molar-refractivity contribution in [3.05, 3.63) is 94.0 Å². The van der Waals surface area contributed by atoms with Crippen molar-refractivity contribution in [2.24, 2.45) is 0 Å². The van der Waals surface area contributed by atoms with Gasteiger partial charge < -0.3 is 15.6 Å². The fourth-order valence-corrected chi connectivity index (χ4v) is 6.63. The molecule has 5 aromatic rings. The average molecular weight is 602 g/mol. The number of nitrogens with one attached hydrogen (secondary N) is 4. The van der Waals surface area contributed by atoms with Crippen LogP contribution in [0.4, 0.5) is 16.5 Å². The summed E-state index contributed by atoms with van der Waals surface area (Å²) in [4.78, 5) is 8.29. The number of thiazole rings is 1. The number of sulfonamides is 1. The van der Waals surface area contributed by atoms with Crippen LogP contribution in [0, 0.1) is 20.8 Å². The van der Waals surface area contributed by atoms with Gasteiger partial charge in [0.15, 0.2) is 5.13 Å². The van der Waals surface area contributed by atoms with Gasteiger partial charge in [0.2, 0.25) is 10.0 Å². The smallest absolute Gasteiger partial charge is 0.229 e. The molecule has 5 rings (SSSR count). The van der Waals surface area contributed by atoms with Crippen molar-refractivity contribution in [3.63, 3.8) is 0 Å². The number of unbranched alkanes of at least 4 members (excludes halogenated alkanes) is 1. The number of rotatable bonds is 13. The van der Waals surface area contributed by atoms with E-state index in [1.165, 1.54) is 38.9 Å². The summed E-state index contributed by atoms with van der Waals surface area (Å²) in [5.74, 6) is 0. The second-order valence-electron chi connectivity index (χ2n) is 11.1. The van der Waals surface area contributed by atoms with Crippen LogP contribution < -0.4 is 15.4 Å². The molecule has 0 aliphatic carbocycles. The van der Waals surface area contributed by atoms with E-state index in [4.69, 9.17) is 0 Å². The van der Waals surface area contributed by atoms with E-state index >= 15 is 0 Å². The molecule has 0 bridgehead atoms. The molecule has 0 radical (unpaired) electrons. The van der Waals surface area contributed by atoms with E-state index in [-0.39, 0.29) is 0 Å². The maximum atomic E-state index is 11.4. The molecule has 0 spiro atoms. The van der Waals surface area contributed by atoms with E-state index in [1.807, 2.05) is 31.2 Å². The van der Waals surface area contributed by atoms with Crippen molar-refractivity contribution in [2.75, 3.05) is 29.4 Å². The first-order valence-electron chi connectivity index (χ1n) is 14.3. The van der Waals surface area contributed by atoms with Crippen molar-refractivity contribution < 1.29 is 8.42 Å². The Hall–Kier alpha value is -3.66. The highest BCUT2D eigenvalue weighted by Gasteiger charge is 2.15. The molecule has 0 aliphatic rings. The maximum absolute atomic E-state index is 11.4. The minimum atomic E-state index is -3.25. The van der Waals surface area contributed by atoms with Gasteiger partial charge in [-0.2, -0.15) is 0 Å². The van der Waals surface area contributed by atoms with Crippen LogP contribution in [0.25, 0.3) is 22.2 Å². The molecule has 0 atom stereocenters. The summed E-state index contributed by atoms with van der Waals surface area (Å²) in [5.41, 5.74) is 11.3. The van der Waals surface area contributed by atoms with Crippen LogP contribution in [0.5, 0.6) is 0 Å². The van der Waals surface area contributed by atoms with Gasteiger partial charge in [0.1, 0.15) is 0 Å². The number of hydrogen-bond donors (Lipinski definition) is 4. The molecule has 0 saturated carbocycles. The second kappa shape index (κ2) is 13.1. The molecule has 2 heterocycles. The van der Waals surface area contributed by atoms with Gasteiger partial charge in [-0.05, 0) is 119 Å². The van der Waals surface area contributed by atoms with E-state index in [0.29, 0.717) is 5.69 Å². The number of aromatic nitrogens is 2. The summed E-state index contributed by atoms with van der Waals surface area (Å²) < 4.78 is 25.3. The zero-order valence-corrected chi connectivity index (χ0v) is 26.3. The van der Waals surface area contributed by atoms with Gasteiger partial charge in [0, 0.05) is 33.4 Å². The molecule has 9 heteroatoms. The zero-order chi connectivity index (χ0) is 29.7. The lowest BCUT2D eigenvalue weighted by Gasteiger charge is -2.10. The lowest BCUT2D eigenvalue weighted by molar-refractivity contribution is 0.607. The molecule has 42 heavy (non-hydrogen) atoms. The van der Waals surface area contributed by atoms with Crippen molar-refractivity contribution in [3.8, 4) is 11.3 Å². The van der Waals surface area contributed by atoms with E-state index in [1.54, 1.807) is 11.3 Å². The average Bonchev–Trinajstić information content (AvgIpc) is 3.50. The number of H-pyrrole nitrogens is 1. The Bertz CT molecular complexity index is 1750. The molecule has 0 amide bonds. The maximum Gasteiger partial charge on any atom is 0.229 e. The van der Waals surface area contributed by atoms with Gasteiger partial charge in [-0.1, -0.05) is 29.3 Å². The van der Waals surface area contributed by atoms with Crippen LogP contribution in [0.3, 0.4) is 0 Å². The molecule has 220 valence electrons. The molecule has 3 aromatic carbocycles. The van der Waals surface area contributed by atoms with E-state index in [2.05, 4.69) is 80.9 Å². The summed E-state index contributed by atoms with van der Waals surface area (Å²) in [5, 5.41) is 11.3. The highest BCUT2D eigenvalue weighted by atomic mass is 32.2.